The van der Waals surface area contributed by atoms with Crippen LogP contribution in [0.5, 0.6) is 0 Å². The van der Waals surface area contributed by atoms with Gasteiger partial charge >= 0.3 is 5.97 Å². The predicted octanol–water partition coefficient (Wildman–Crippen LogP) is 1.73. The first-order valence-corrected chi connectivity index (χ1v) is 5.50. The zero-order valence-electron chi connectivity index (χ0n) is 9.88. The number of rotatable bonds is 5. The van der Waals surface area contributed by atoms with Crippen LogP contribution in [0.3, 0.4) is 0 Å². The second-order valence-corrected chi connectivity index (χ2v) is 3.86. The van der Waals surface area contributed by atoms with Crippen molar-refractivity contribution < 1.29 is 14.4 Å². The van der Waals surface area contributed by atoms with Crippen molar-refractivity contribution in [2.24, 2.45) is 0 Å². The monoisotopic (exact) mass is 247 g/mol. The Morgan fingerprint density at radius 2 is 2.33 bits per heavy atom. The smallest absolute Gasteiger partial charge is 0.335 e. The fourth-order valence-electron chi connectivity index (χ4n) is 1.61. The van der Waals surface area contributed by atoms with Gasteiger partial charge in [-0.1, -0.05) is 5.16 Å². The molecule has 0 bridgehead atoms. The van der Waals surface area contributed by atoms with Gasteiger partial charge in [0.05, 0.1) is 5.56 Å². The van der Waals surface area contributed by atoms with Gasteiger partial charge in [0.25, 0.3) is 0 Å². The van der Waals surface area contributed by atoms with Crippen molar-refractivity contribution in [3.8, 4) is 0 Å². The summed E-state index contributed by atoms with van der Waals surface area (Å²) in [5, 5.41) is 15.8. The van der Waals surface area contributed by atoms with Gasteiger partial charge in [0.2, 0.25) is 6.39 Å². The van der Waals surface area contributed by atoms with Crippen molar-refractivity contribution in [3.05, 3.63) is 41.5 Å². The Morgan fingerprint density at radius 1 is 1.50 bits per heavy atom. The first kappa shape index (κ1) is 12.1. The Balaban J connectivity index is 1.95. The fraction of sp³-hybridized carbons (Fsp3) is 0.250. The first-order valence-electron chi connectivity index (χ1n) is 5.50. The van der Waals surface area contributed by atoms with Crippen molar-refractivity contribution in [3.63, 3.8) is 0 Å². The number of carbonyl (C=O) groups is 1. The summed E-state index contributed by atoms with van der Waals surface area (Å²) in [6.07, 6.45) is 1.94. The number of nitrogens with zero attached hydrogens (tertiary/aromatic N) is 2. The van der Waals surface area contributed by atoms with E-state index in [1.54, 1.807) is 18.2 Å². The van der Waals surface area contributed by atoms with Crippen molar-refractivity contribution in [1.29, 1.82) is 0 Å². The number of aromatic carboxylic acids is 1. The number of carboxylic acid groups (broad SMARTS) is 1. The molecule has 0 saturated carbocycles. The molecule has 6 heteroatoms. The van der Waals surface area contributed by atoms with E-state index >= 15 is 0 Å². The van der Waals surface area contributed by atoms with E-state index in [0.29, 0.717) is 18.8 Å². The Labute approximate surface area is 104 Å². The van der Waals surface area contributed by atoms with E-state index in [9.17, 15) is 4.79 Å². The minimum Gasteiger partial charge on any atom is -0.478 e. The summed E-state index contributed by atoms with van der Waals surface area (Å²) in [4.78, 5) is 14.7. The lowest BCUT2D eigenvalue weighted by Gasteiger charge is -2.09. The number of anilines is 1. The zero-order chi connectivity index (χ0) is 13.0. The molecule has 1 aromatic carbocycles. The van der Waals surface area contributed by atoms with Crippen LogP contribution < -0.4 is 5.32 Å². The lowest BCUT2D eigenvalue weighted by atomic mass is 10.1. The van der Waals surface area contributed by atoms with E-state index in [2.05, 4.69) is 20.0 Å². The van der Waals surface area contributed by atoms with Crippen LogP contribution in [0.2, 0.25) is 0 Å². The average molecular weight is 247 g/mol. The van der Waals surface area contributed by atoms with Crippen molar-refractivity contribution >= 4 is 11.7 Å². The molecule has 94 valence electrons. The summed E-state index contributed by atoms with van der Waals surface area (Å²) in [5.74, 6) is -0.279. The van der Waals surface area contributed by atoms with Crippen LogP contribution in [0.15, 0.2) is 29.1 Å². The van der Waals surface area contributed by atoms with E-state index in [0.717, 1.165) is 11.3 Å². The molecular weight excluding hydrogens is 234 g/mol. The number of hydrogen-bond donors (Lipinski definition) is 2. The first-order chi connectivity index (χ1) is 8.66. The Morgan fingerprint density at radius 3 is 2.94 bits per heavy atom. The highest BCUT2D eigenvalue weighted by Gasteiger charge is 2.05. The summed E-state index contributed by atoms with van der Waals surface area (Å²) in [6.45, 7) is 2.52. The van der Waals surface area contributed by atoms with Gasteiger partial charge in [-0.05, 0) is 30.7 Å². The van der Waals surface area contributed by atoms with Gasteiger partial charge in [-0.3, -0.25) is 0 Å². The molecule has 0 spiro atoms. The number of hydrogen-bond acceptors (Lipinski definition) is 5. The lowest BCUT2D eigenvalue weighted by Crippen LogP contribution is -2.07. The van der Waals surface area contributed by atoms with Gasteiger partial charge in [0.1, 0.15) is 0 Å². The van der Waals surface area contributed by atoms with Gasteiger partial charge in [0, 0.05) is 18.7 Å². The number of aryl methyl sites for hydroxylation is 1. The highest BCUT2D eigenvalue weighted by Crippen LogP contribution is 2.16. The van der Waals surface area contributed by atoms with E-state index in [1.807, 2.05) is 6.92 Å². The van der Waals surface area contributed by atoms with Gasteiger partial charge in [0.15, 0.2) is 5.82 Å². The Hall–Kier alpha value is -2.37. The summed E-state index contributed by atoms with van der Waals surface area (Å²) in [7, 11) is 0. The van der Waals surface area contributed by atoms with Crippen molar-refractivity contribution in [2.75, 3.05) is 11.9 Å². The quantitative estimate of drug-likeness (QED) is 0.836. The molecule has 1 heterocycles. The molecule has 2 N–H and O–H groups in total. The third kappa shape index (κ3) is 2.85. The van der Waals surface area contributed by atoms with E-state index in [1.165, 1.54) is 6.39 Å². The maximum atomic E-state index is 10.8. The zero-order valence-corrected chi connectivity index (χ0v) is 9.88. The third-order valence-corrected chi connectivity index (χ3v) is 2.54. The van der Waals surface area contributed by atoms with Crippen LogP contribution in [0.1, 0.15) is 21.7 Å². The highest BCUT2D eigenvalue weighted by molar-refractivity contribution is 5.88. The molecule has 6 nitrogen and oxygen atoms in total. The highest BCUT2D eigenvalue weighted by atomic mass is 16.5. The van der Waals surface area contributed by atoms with Crippen LogP contribution in [-0.4, -0.2) is 27.8 Å². The fourth-order valence-corrected chi connectivity index (χ4v) is 1.61. The summed E-state index contributed by atoms with van der Waals surface area (Å²) in [5.41, 5.74) is 2.09. The molecule has 0 amide bonds. The topological polar surface area (TPSA) is 88.2 Å². The largest absolute Gasteiger partial charge is 0.478 e. The molecule has 0 aliphatic carbocycles. The van der Waals surface area contributed by atoms with Crippen LogP contribution in [0.4, 0.5) is 5.69 Å². The maximum absolute atomic E-state index is 10.8. The SMILES string of the molecule is Cc1cc(C(=O)O)ccc1NCCc1ncon1. The molecule has 1 aromatic heterocycles. The minimum atomic E-state index is -0.920. The van der Waals surface area contributed by atoms with Gasteiger partial charge < -0.3 is 14.9 Å². The van der Waals surface area contributed by atoms with Gasteiger partial charge in [-0.15, -0.1) is 0 Å². The average Bonchev–Trinajstić information content (AvgIpc) is 2.84. The molecule has 0 unspecified atom stereocenters. The molecule has 2 aromatic rings. The van der Waals surface area contributed by atoms with Crippen LogP contribution in [-0.2, 0) is 6.42 Å². The second kappa shape index (κ2) is 5.31. The minimum absolute atomic E-state index is 0.288. The predicted molar refractivity (Wildman–Crippen MR) is 64.6 cm³/mol. The molecule has 0 atom stereocenters. The molecule has 18 heavy (non-hydrogen) atoms. The summed E-state index contributed by atoms with van der Waals surface area (Å²) in [6, 6.07) is 4.97. The van der Waals surface area contributed by atoms with Crippen molar-refractivity contribution in [1.82, 2.24) is 10.1 Å². The van der Waals surface area contributed by atoms with E-state index < -0.39 is 5.97 Å². The standard InChI is InChI=1S/C12H13N3O3/c1-8-6-9(12(16)17)2-3-10(8)13-5-4-11-14-7-18-15-11/h2-3,6-7,13H,4-5H2,1H3,(H,16,17). The normalized spacial score (nSPS) is 10.3. The molecule has 0 fully saturated rings. The van der Waals surface area contributed by atoms with Crippen LogP contribution in [0.25, 0.3) is 0 Å². The Kier molecular flexibility index (Phi) is 3.57. The summed E-state index contributed by atoms with van der Waals surface area (Å²) >= 11 is 0. The molecule has 0 aliphatic heterocycles. The summed E-state index contributed by atoms with van der Waals surface area (Å²) < 4.78 is 4.63. The number of aromatic nitrogens is 2. The van der Waals surface area contributed by atoms with E-state index in [4.69, 9.17) is 5.11 Å². The maximum Gasteiger partial charge on any atom is 0.335 e. The number of benzene rings is 1. The number of carboxylic acids is 1. The molecule has 0 aliphatic rings. The van der Waals surface area contributed by atoms with Gasteiger partial charge in [-0.2, -0.15) is 4.98 Å². The molecular formula is C12H13N3O3. The van der Waals surface area contributed by atoms with E-state index in [-0.39, 0.29) is 5.56 Å². The van der Waals surface area contributed by atoms with Gasteiger partial charge in [-0.25, -0.2) is 4.79 Å². The molecule has 0 saturated heterocycles. The molecule has 0 radical (unpaired) electrons. The van der Waals surface area contributed by atoms with Crippen LogP contribution >= 0.6 is 0 Å². The molecule has 2 rings (SSSR count). The third-order valence-electron chi connectivity index (χ3n) is 2.54. The number of nitrogens with one attached hydrogen (secondary N) is 1. The van der Waals surface area contributed by atoms with Crippen LogP contribution in [0, 0.1) is 6.92 Å². The Bertz CT molecular complexity index is 538. The second-order valence-electron chi connectivity index (χ2n) is 3.86. The lowest BCUT2D eigenvalue weighted by molar-refractivity contribution is 0.0697. The van der Waals surface area contributed by atoms with Crippen molar-refractivity contribution in [2.45, 2.75) is 13.3 Å².